The van der Waals surface area contributed by atoms with Gasteiger partial charge in [-0.3, -0.25) is 4.79 Å². The zero-order valence-electron chi connectivity index (χ0n) is 10.3. The third kappa shape index (κ3) is 2.46. The lowest BCUT2D eigenvalue weighted by atomic mass is 10.1. The molecule has 7 heteroatoms. The zero-order valence-corrected chi connectivity index (χ0v) is 11.8. The Kier molecular flexibility index (Phi) is 3.20. The van der Waals surface area contributed by atoms with Crippen molar-refractivity contribution in [1.29, 1.82) is 0 Å². The van der Waals surface area contributed by atoms with Crippen molar-refractivity contribution in [2.75, 3.05) is 6.54 Å². The SMILES string of the molecule is Cc1cc(C(=O)N2CCc3cc(Cl)nnc3C2)ns1. The van der Waals surface area contributed by atoms with Crippen molar-refractivity contribution in [3.05, 3.63) is 39.1 Å². The number of halogens is 1. The second kappa shape index (κ2) is 4.86. The third-order valence-electron chi connectivity index (χ3n) is 3.06. The molecule has 5 nitrogen and oxygen atoms in total. The van der Waals surface area contributed by atoms with Gasteiger partial charge in [0.2, 0.25) is 0 Å². The van der Waals surface area contributed by atoms with Gasteiger partial charge in [0, 0.05) is 11.4 Å². The number of aromatic nitrogens is 3. The minimum atomic E-state index is -0.0493. The van der Waals surface area contributed by atoms with Crippen LogP contribution in [0.1, 0.15) is 26.6 Å². The van der Waals surface area contributed by atoms with Crippen LogP contribution >= 0.6 is 23.1 Å². The lowest BCUT2D eigenvalue weighted by Crippen LogP contribution is -2.36. The number of fused-ring (bicyclic) bond motifs is 1. The van der Waals surface area contributed by atoms with E-state index in [4.69, 9.17) is 11.6 Å². The lowest BCUT2D eigenvalue weighted by molar-refractivity contribution is 0.0726. The second-order valence-electron chi connectivity index (χ2n) is 4.44. The average molecular weight is 295 g/mol. The molecule has 0 unspecified atom stereocenters. The Balaban J connectivity index is 1.82. The first kappa shape index (κ1) is 12.5. The van der Waals surface area contributed by atoms with Gasteiger partial charge < -0.3 is 4.90 Å². The van der Waals surface area contributed by atoms with E-state index in [2.05, 4.69) is 14.6 Å². The average Bonchev–Trinajstić information content (AvgIpc) is 2.84. The van der Waals surface area contributed by atoms with E-state index in [0.29, 0.717) is 23.9 Å². The summed E-state index contributed by atoms with van der Waals surface area (Å²) in [6, 6.07) is 3.63. The van der Waals surface area contributed by atoms with Crippen molar-refractivity contribution < 1.29 is 4.79 Å². The summed E-state index contributed by atoms with van der Waals surface area (Å²) in [7, 11) is 0. The first-order chi connectivity index (χ1) is 9.13. The van der Waals surface area contributed by atoms with Gasteiger partial charge in [-0.25, -0.2) is 0 Å². The van der Waals surface area contributed by atoms with Gasteiger partial charge in [0.25, 0.3) is 5.91 Å². The van der Waals surface area contributed by atoms with Gasteiger partial charge in [-0.2, -0.15) is 9.47 Å². The molecule has 1 aliphatic rings. The monoisotopic (exact) mass is 294 g/mol. The summed E-state index contributed by atoms with van der Waals surface area (Å²) in [6.07, 6.45) is 0.749. The van der Waals surface area contributed by atoms with E-state index in [1.54, 1.807) is 4.90 Å². The molecule has 0 atom stereocenters. The predicted octanol–water partition coefficient (Wildman–Crippen LogP) is 2.09. The van der Waals surface area contributed by atoms with E-state index >= 15 is 0 Å². The molecule has 0 radical (unpaired) electrons. The van der Waals surface area contributed by atoms with Crippen molar-refractivity contribution in [2.45, 2.75) is 19.9 Å². The number of carbonyl (C=O) groups excluding carboxylic acids is 1. The van der Waals surface area contributed by atoms with E-state index in [1.807, 2.05) is 19.1 Å². The number of hydrogen-bond acceptors (Lipinski definition) is 5. The van der Waals surface area contributed by atoms with Crippen molar-refractivity contribution in [3.63, 3.8) is 0 Å². The molecule has 0 saturated carbocycles. The summed E-state index contributed by atoms with van der Waals surface area (Å²) in [4.78, 5) is 15.1. The first-order valence-corrected chi connectivity index (χ1v) is 7.02. The molecular weight excluding hydrogens is 284 g/mol. The molecule has 0 N–H and O–H groups in total. The Morgan fingerprint density at radius 1 is 1.42 bits per heavy atom. The number of rotatable bonds is 1. The lowest BCUT2D eigenvalue weighted by Gasteiger charge is -2.27. The highest BCUT2D eigenvalue weighted by molar-refractivity contribution is 7.05. The van der Waals surface area contributed by atoms with Gasteiger partial charge in [-0.05, 0) is 42.6 Å². The van der Waals surface area contributed by atoms with Gasteiger partial charge in [0.05, 0.1) is 12.2 Å². The molecule has 0 spiro atoms. The molecule has 0 aromatic carbocycles. The number of nitrogens with zero attached hydrogens (tertiary/aromatic N) is 4. The maximum Gasteiger partial charge on any atom is 0.273 e. The maximum atomic E-state index is 12.3. The minimum absolute atomic E-state index is 0.0493. The highest BCUT2D eigenvalue weighted by Gasteiger charge is 2.24. The number of amides is 1. The normalized spacial score (nSPS) is 14.3. The largest absolute Gasteiger partial charge is 0.331 e. The van der Waals surface area contributed by atoms with Crippen LogP contribution in [-0.2, 0) is 13.0 Å². The Hall–Kier alpha value is -1.53. The Bertz CT molecular complexity index is 642. The van der Waals surface area contributed by atoms with Gasteiger partial charge in [-0.1, -0.05) is 11.6 Å². The van der Waals surface area contributed by atoms with Crippen LogP contribution in [0.5, 0.6) is 0 Å². The highest BCUT2D eigenvalue weighted by atomic mass is 35.5. The molecule has 19 heavy (non-hydrogen) atoms. The second-order valence-corrected chi connectivity index (χ2v) is 5.83. The molecule has 1 amide bonds. The molecule has 0 saturated heterocycles. The van der Waals surface area contributed by atoms with Crippen LogP contribution in [0.4, 0.5) is 0 Å². The molecule has 1 aliphatic heterocycles. The van der Waals surface area contributed by atoms with Crippen molar-refractivity contribution >= 4 is 29.0 Å². The molecule has 0 bridgehead atoms. The van der Waals surface area contributed by atoms with Crippen molar-refractivity contribution in [2.24, 2.45) is 0 Å². The fourth-order valence-electron chi connectivity index (χ4n) is 2.10. The molecule has 98 valence electrons. The first-order valence-electron chi connectivity index (χ1n) is 5.87. The van der Waals surface area contributed by atoms with Crippen LogP contribution in [0.25, 0.3) is 0 Å². The molecule has 2 aromatic rings. The van der Waals surface area contributed by atoms with E-state index in [-0.39, 0.29) is 5.91 Å². The Morgan fingerprint density at radius 3 is 3.00 bits per heavy atom. The zero-order chi connectivity index (χ0) is 13.4. The van der Waals surface area contributed by atoms with Crippen LogP contribution in [0.15, 0.2) is 12.1 Å². The third-order valence-corrected chi connectivity index (χ3v) is 3.93. The van der Waals surface area contributed by atoms with E-state index < -0.39 is 0 Å². The molecule has 3 rings (SSSR count). The van der Waals surface area contributed by atoms with Crippen LogP contribution in [-0.4, -0.2) is 31.9 Å². The molecule has 0 fully saturated rings. The van der Waals surface area contributed by atoms with Crippen molar-refractivity contribution in [1.82, 2.24) is 19.5 Å². The summed E-state index contributed by atoms with van der Waals surface area (Å²) in [5.41, 5.74) is 2.39. The van der Waals surface area contributed by atoms with Crippen molar-refractivity contribution in [3.8, 4) is 0 Å². The molecule has 3 heterocycles. The topological polar surface area (TPSA) is 59.0 Å². The minimum Gasteiger partial charge on any atom is -0.331 e. The standard InChI is InChI=1S/C12H11ClN4OS/c1-7-4-9(16-19-7)12(18)17-3-2-8-5-11(13)15-14-10(8)6-17/h4-5H,2-3,6H2,1H3. The summed E-state index contributed by atoms with van der Waals surface area (Å²) in [6.45, 7) is 3.06. The number of carbonyl (C=O) groups is 1. The summed E-state index contributed by atoms with van der Waals surface area (Å²) < 4.78 is 4.15. The van der Waals surface area contributed by atoms with E-state index in [1.165, 1.54) is 11.5 Å². The van der Waals surface area contributed by atoms with Gasteiger partial charge in [-0.15, -0.1) is 5.10 Å². The smallest absolute Gasteiger partial charge is 0.273 e. The summed E-state index contributed by atoms with van der Waals surface area (Å²) in [5.74, 6) is -0.0493. The summed E-state index contributed by atoms with van der Waals surface area (Å²) in [5, 5.41) is 8.28. The van der Waals surface area contributed by atoms with Gasteiger partial charge in [0.1, 0.15) is 5.69 Å². The number of aryl methyl sites for hydroxylation is 1. The van der Waals surface area contributed by atoms with Crippen LogP contribution in [0.2, 0.25) is 5.15 Å². The van der Waals surface area contributed by atoms with Crippen LogP contribution in [0.3, 0.4) is 0 Å². The molecule has 0 aliphatic carbocycles. The Morgan fingerprint density at radius 2 is 2.26 bits per heavy atom. The summed E-state index contributed by atoms with van der Waals surface area (Å²) >= 11 is 7.15. The molecule has 2 aromatic heterocycles. The fourth-order valence-corrected chi connectivity index (χ4v) is 2.80. The number of hydrogen-bond donors (Lipinski definition) is 0. The predicted molar refractivity (Wildman–Crippen MR) is 72.3 cm³/mol. The highest BCUT2D eigenvalue weighted by Crippen LogP contribution is 2.20. The van der Waals surface area contributed by atoms with Crippen LogP contribution < -0.4 is 0 Å². The van der Waals surface area contributed by atoms with Crippen LogP contribution in [0, 0.1) is 6.92 Å². The van der Waals surface area contributed by atoms with Gasteiger partial charge in [0.15, 0.2) is 5.15 Å². The quantitative estimate of drug-likeness (QED) is 0.808. The van der Waals surface area contributed by atoms with Gasteiger partial charge >= 0.3 is 0 Å². The Labute approximate surface area is 119 Å². The maximum absolute atomic E-state index is 12.3. The fraction of sp³-hybridized carbons (Fsp3) is 0.333. The van der Waals surface area contributed by atoms with E-state index in [9.17, 15) is 4.79 Å². The molecular formula is C12H11ClN4OS. The van der Waals surface area contributed by atoms with E-state index in [0.717, 1.165) is 22.6 Å².